The highest BCUT2D eigenvalue weighted by molar-refractivity contribution is 6.33. The van der Waals surface area contributed by atoms with E-state index in [1.165, 1.54) is 6.92 Å². The molecule has 1 fully saturated rings. The standard InChI is InChI=1S/C27H37ClO5/c1-15(13-14-27(7)16(2)10-12-22(30)18(27)4)9-11-21-25(31)23(19(5)32-8)17(3)24(28)26(21)33-20(6)29/h9,13-14,16,18-19,31H,10-12H2,1-8H3/b14-13+,15-9+/t16-,18+,19?,27+/m1/s1. The van der Waals surface area contributed by atoms with E-state index in [4.69, 9.17) is 21.1 Å². The minimum atomic E-state index is -0.511. The number of esters is 1. The van der Waals surface area contributed by atoms with Crippen molar-refractivity contribution in [3.63, 3.8) is 0 Å². The Kier molecular flexibility index (Phi) is 8.94. The van der Waals surface area contributed by atoms with Crippen LogP contribution in [0.5, 0.6) is 11.5 Å². The van der Waals surface area contributed by atoms with Crippen molar-refractivity contribution in [3.05, 3.63) is 45.5 Å². The fourth-order valence-corrected chi connectivity index (χ4v) is 4.79. The maximum atomic E-state index is 12.3. The lowest BCUT2D eigenvalue weighted by Gasteiger charge is -2.42. The third-order valence-corrected chi connectivity index (χ3v) is 7.84. The molecule has 0 amide bonds. The molecule has 6 heteroatoms. The molecular formula is C27H37ClO5. The van der Waals surface area contributed by atoms with Crippen LogP contribution in [0.4, 0.5) is 0 Å². The van der Waals surface area contributed by atoms with Crippen molar-refractivity contribution in [2.24, 2.45) is 17.3 Å². The van der Waals surface area contributed by atoms with E-state index in [-0.39, 0.29) is 34.0 Å². The summed E-state index contributed by atoms with van der Waals surface area (Å²) in [7, 11) is 1.56. The van der Waals surface area contributed by atoms with Gasteiger partial charge in [-0.25, -0.2) is 0 Å². The number of aromatic hydroxyl groups is 1. The maximum absolute atomic E-state index is 12.3. The van der Waals surface area contributed by atoms with E-state index < -0.39 is 5.97 Å². The molecule has 1 aliphatic rings. The van der Waals surface area contributed by atoms with Gasteiger partial charge in [-0.2, -0.15) is 0 Å². The molecule has 5 nitrogen and oxygen atoms in total. The van der Waals surface area contributed by atoms with Gasteiger partial charge in [0.15, 0.2) is 5.75 Å². The first-order valence-electron chi connectivity index (χ1n) is 11.5. The monoisotopic (exact) mass is 476 g/mol. The molecule has 1 saturated carbocycles. The number of rotatable bonds is 7. The van der Waals surface area contributed by atoms with E-state index in [1.807, 2.05) is 32.9 Å². The second-order valence-electron chi connectivity index (χ2n) is 9.46. The van der Waals surface area contributed by atoms with Crippen LogP contribution in [0.1, 0.15) is 77.2 Å². The van der Waals surface area contributed by atoms with Crippen molar-refractivity contribution in [1.82, 2.24) is 0 Å². The van der Waals surface area contributed by atoms with Gasteiger partial charge in [0.05, 0.1) is 11.1 Å². The smallest absolute Gasteiger partial charge is 0.308 e. The summed E-state index contributed by atoms with van der Waals surface area (Å²) in [4.78, 5) is 24.0. The number of hydrogen-bond donors (Lipinski definition) is 1. The molecule has 0 bridgehead atoms. The molecule has 0 saturated heterocycles. The molecule has 1 aromatic rings. The summed E-state index contributed by atoms with van der Waals surface area (Å²) in [6.07, 6.45) is 7.60. The zero-order valence-electron chi connectivity index (χ0n) is 21.0. The largest absolute Gasteiger partial charge is 0.507 e. The Labute approximate surface area is 202 Å². The van der Waals surface area contributed by atoms with Gasteiger partial charge in [-0.1, -0.05) is 56.2 Å². The topological polar surface area (TPSA) is 72.8 Å². The molecule has 1 N–H and O–H groups in total. The Morgan fingerprint density at radius 1 is 1.33 bits per heavy atom. The average molecular weight is 477 g/mol. The quantitative estimate of drug-likeness (QED) is 0.270. The first kappa shape index (κ1) is 27.1. The minimum Gasteiger partial charge on any atom is -0.507 e. The molecule has 4 atom stereocenters. The normalized spacial score (nSPS) is 24.9. The fourth-order valence-electron chi connectivity index (χ4n) is 4.53. The van der Waals surface area contributed by atoms with Gasteiger partial charge in [-0.05, 0) is 50.5 Å². The molecule has 0 aliphatic heterocycles. The molecule has 1 aliphatic carbocycles. The molecule has 1 aromatic carbocycles. The van der Waals surface area contributed by atoms with Gasteiger partial charge in [0.25, 0.3) is 0 Å². The number of halogens is 1. The van der Waals surface area contributed by atoms with Gasteiger partial charge in [-0.3, -0.25) is 9.59 Å². The zero-order chi connectivity index (χ0) is 25.1. The van der Waals surface area contributed by atoms with Crippen molar-refractivity contribution in [2.75, 3.05) is 7.11 Å². The van der Waals surface area contributed by atoms with Gasteiger partial charge in [0.2, 0.25) is 0 Å². The van der Waals surface area contributed by atoms with Crippen LogP contribution in [-0.2, 0) is 20.7 Å². The summed E-state index contributed by atoms with van der Waals surface area (Å²) in [5, 5.41) is 11.3. The number of ketones is 1. The van der Waals surface area contributed by atoms with Crippen LogP contribution in [0.25, 0.3) is 0 Å². The molecular weight excluding hydrogens is 440 g/mol. The van der Waals surface area contributed by atoms with Gasteiger partial charge in [0.1, 0.15) is 11.5 Å². The second-order valence-corrected chi connectivity index (χ2v) is 9.84. The van der Waals surface area contributed by atoms with E-state index in [0.29, 0.717) is 41.2 Å². The maximum Gasteiger partial charge on any atom is 0.308 e. The van der Waals surface area contributed by atoms with Crippen LogP contribution in [0.15, 0.2) is 23.8 Å². The Hall–Kier alpha value is -2.11. The van der Waals surface area contributed by atoms with Crippen molar-refractivity contribution in [2.45, 2.75) is 73.8 Å². The molecule has 0 aromatic heterocycles. The summed E-state index contributed by atoms with van der Waals surface area (Å²) >= 11 is 6.55. The summed E-state index contributed by atoms with van der Waals surface area (Å²) < 4.78 is 10.8. The van der Waals surface area contributed by atoms with E-state index in [0.717, 1.165) is 12.0 Å². The van der Waals surface area contributed by atoms with Crippen LogP contribution in [0, 0.1) is 24.2 Å². The van der Waals surface area contributed by atoms with Crippen molar-refractivity contribution in [3.8, 4) is 11.5 Å². The highest BCUT2D eigenvalue weighted by Crippen LogP contribution is 2.46. The van der Waals surface area contributed by atoms with Crippen LogP contribution < -0.4 is 4.74 Å². The molecule has 0 heterocycles. The van der Waals surface area contributed by atoms with Gasteiger partial charge < -0.3 is 14.6 Å². The molecule has 33 heavy (non-hydrogen) atoms. The number of phenols is 1. The number of hydrogen-bond acceptors (Lipinski definition) is 5. The first-order chi connectivity index (χ1) is 15.3. The lowest BCUT2D eigenvalue weighted by Crippen LogP contribution is -2.40. The molecule has 2 rings (SSSR count). The van der Waals surface area contributed by atoms with Crippen LogP contribution in [0.3, 0.4) is 0 Å². The highest BCUT2D eigenvalue weighted by atomic mass is 35.5. The SMILES string of the molecule is COC(C)c1c(C)c(Cl)c(OC(C)=O)c(C/C=C(C)/C=C/[C@@]2(C)[C@H](C)CCC(=O)[C@@H]2C)c1O. The second kappa shape index (κ2) is 10.9. The number of phenolic OH excluding ortho intramolecular Hbond substituents is 1. The van der Waals surface area contributed by atoms with Crippen molar-refractivity contribution in [1.29, 1.82) is 0 Å². The van der Waals surface area contributed by atoms with Gasteiger partial charge in [0, 0.05) is 37.5 Å². The fraction of sp³-hybridized carbons (Fsp3) is 0.556. The Morgan fingerprint density at radius 2 is 1.97 bits per heavy atom. The Balaban J connectivity index is 2.44. The van der Waals surface area contributed by atoms with Crippen molar-refractivity contribution < 1.29 is 24.2 Å². The molecule has 1 unspecified atom stereocenters. The van der Waals surface area contributed by atoms with E-state index in [2.05, 4.69) is 19.9 Å². The summed E-state index contributed by atoms with van der Waals surface area (Å²) in [5.41, 5.74) is 2.39. The predicted octanol–water partition coefficient (Wildman–Crippen LogP) is 6.67. The summed E-state index contributed by atoms with van der Waals surface area (Å²) in [5.74, 6) is 0.366. The first-order valence-corrected chi connectivity index (χ1v) is 11.9. The number of Topliss-reactive ketones (excluding diaryl/α,β-unsaturated/α-hetero) is 1. The molecule has 182 valence electrons. The number of carbonyl (C=O) groups is 2. The van der Waals surface area contributed by atoms with E-state index >= 15 is 0 Å². The number of carbonyl (C=O) groups excluding carboxylic acids is 2. The van der Waals surface area contributed by atoms with Crippen LogP contribution in [0.2, 0.25) is 5.02 Å². The Morgan fingerprint density at radius 3 is 2.55 bits per heavy atom. The zero-order valence-corrected chi connectivity index (χ0v) is 21.8. The lowest BCUT2D eigenvalue weighted by molar-refractivity contribution is -0.132. The summed E-state index contributed by atoms with van der Waals surface area (Å²) in [6, 6.07) is 0. The molecule has 0 radical (unpaired) electrons. The highest BCUT2D eigenvalue weighted by Gasteiger charge is 2.41. The average Bonchev–Trinajstić information content (AvgIpc) is 2.76. The number of methoxy groups -OCH3 is 1. The lowest BCUT2D eigenvalue weighted by atomic mass is 9.61. The predicted molar refractivity (Wildman–Crippen MR) is 132 cm³/mol. The van der Waals surface area contributed by atoms with Crippen LogP contribution >= 0.6 is 11.6 Å². The molecule has 0 spiro atoms. The van der Waals surface area contributed by atoms with Gasteiger partial charge >= 0.3 is 5.97 Å². The number of ether oxygens (including phenoxy) is 2. The van der Waals surface area contributed by atoms with Gasteiger partial charge in [-0.15, -0.1) is 0 Å². The Bertz CT molecular complexity index is 977. The third kappa shape index (κ3) is 5.70. The minimum absolute atomic E-state index is 0.0163. The van der Waals surface area contributed by atoms with E-state index in [1.54, 1.807) is 14.0 Å². The number of allylic oxidation sites excluding steroid dienone is 4. The number of benzene rings is 1. The van der Waals surface area contributed by atoms with E-state index in [9.17, 15) is 14.7 Å². The third-order valence-electron chi connectivity index (χ3n) is 7.39. The van der Waals surface area contributed by atoms with Crippen molar-refractivity contribution >= 4 is 23.4 Å². The van der Waals surface area contributed by atoms with Crippen LogP contribution in [-0.4, -0.2) is 24.0 Å². The summed E-state index contributed by atoms with van der Waals surface area (Å²) in [6.45, 7) is 13.2.